The fourth-order valence-electron chi connectivity index (χ4n) is 2.36. The number of nitrogens with one attached hydrogen (secondary N) is 2. The zero-order valence-corrected chi connectivity index (χ0v) is 15.9. The summed E-state index contributed by atoms with van der Waals surface area (Å²) < 4.78 is 0.978. The number of H-pyrrole nitrogens is 1. The van der Waals surface area contributed by atoms with Crippen molar-refractivity contribution in [2.45, 2.75) is 0 Å². The Labute approximate surface area is 159 Å². The van der Waals surface area contributed by atoms with Gasteiger partial charge in [-0.1, -0.05) is 28.1 Å². The van der Waals surface area contributed by atoms with Gasteiger partial charge in [-0.15, -0.1) is 0 Å². The lowest BCUT2D eigenvalue weighted by atomic mass is 10.1. The third-order valence-corrected chi connectivity index (χ3v) is 4.29. The van der Waals surface area contributed by atoms with Gasteiger partial charge in [0.2, 0.25) is 0 Å². The van der Waals surface area contributed by atoms with Gasteiger partial charge < -0.3 is 10.2 Å². The van der Waals surface area contributed by atoms with Crippen LogP contribution in [0, 0.1) is 0 Å². The number of hydrogen-bond donors (Lipinski definition) is 2. The number of halogens is 1. The van der Waals surface area contributed by atoms with Crippen molar-refractivity contribution < 1.29 is 9.59 Å². The Hall–Kier alpha value is -2.93. The number of aromatic amines is 1. The van der Waals surface area contributed by atoms with E-state index in [9.17, 15) is 9.59 Å². The molecule has 0 bridgehead atoms. The van der Waals surface area contributed by atoms with Crippen LogP contribution >= 0.6 is 15.9 Å². The molecule has 0 saturated heterocycles. The molecule has 0 radical (unpaired) electrons. The number of carbonyl (C=O) groups excluding carboxylic acids is 2. The van der Waals surface area contributed by atoms with Crippen LogP contribution in [0.25, 0.3) is 11.3 Å². The van der Waals surface area contributed by atoms with E-state index in [2.05, 4.69) is 31.4 Å². The molecule has 2 aromatic carbocycles. The zero-order valence-electron chi connectivity index (χ0n) is 14.3. The van der Waals surface area contributed by atoms with Crippen LogP contribution in [0.2, 0.25) is 0 Å². The number of hydrogen-bond acceptors (Lipinski definition) is 3. The Balaban J connectivity index is 1.70. The molecule has 0 spiro atoms. The first kappa shape index (κ1) is 17.9. The minimum absolute atomic E-state index is 0.0874. The van der Waals surface area contributed by atoms with E-state index in [0.717, 1.165) is 10.0 Å². The molecule has 7 heteroatoms. The SMILES string of the molecule is CN(C)C(=O)c1ccc(NC(=O)c2cc(-c3ccc(Br)cc3)n[nH]2)cc1. The predicted octanol–water partition coefficient (Wildman–Crippen LogP) is 3.79. The molecular formula is C19H17BrN4O2. The minimum Gasteiger partial charge on any atom is -0.345 e. The molecule has 2 amide bonds. The molecule has 2 N–H and O–H groups in total. The van der Waals surface area contributed by atoms with Crippen LogP contribution in [0.1, 0.15) is 20.8 Å². The topological polar surface area (TPSA) is 78.1 Å². The van der Waals surface area contributed by atoms with Crippen molar-refractivity contribution in [3.05, 3.63) is 70.3 Å². The highest BCUT2D eigenvalue weighted by Crippen LogP contribution is 2.21. The molecule has 1 aromatic heterocycles. The molecule has 0 aliphatic carbocycles. The van der Waals surface area contributed by atoms with Crippen LogP contribution in [0.3, 0.4) is 0 Å². The van der Waals surface area contributed by atoms with Crippen molar-refractivity contribution in [1.29, 1.82) is 0 Å². The van der Waals surface area contributed by atoms with Crippen LogP contribution < -0.4 is 5.32 Å². The van der Waals surface area contributed by atoms with Crippen LogP contribution in [-0.4, -0.2) is 41.0 Å². The highest BCUT2D eigenvalue weighted by molar-refractivity contribution is 9.10. The highest BCUT2D eigenvalue weighted by atomic mass is 79.9. The van der Waals surface area contributed by atoms with Crippen molar-refractivity contribution in [3.63, 3.8) is 0 Å². The van der Waals surface area contributed by atoms with Crippen LogP contribution in [-0.2, 0) is 0 Å². The van der Waals surface area contributed by atoms with E-state index in [0.29, 0.717) is 22.6 Å². The van der Waals surface area contributed by atoms with Gasteiger partial charge in [-0.2, -0.15) is 5.10 Å². The third kappa shape index (κ3) is 4.00. The lowest BCUT2D eigenvalue weighted by Crippen LogP contribution is -2.21. The normalized spacial score (nSPS) is 10.4. The third-order valence-electron chi connectivity index (χ3n) is 3.76. The van der Waals surface area contributed by atoms with E-state index in [4.69, 9.17) is 0 Å². The largest absolute Gasteiger partial charge is 0.345 e. The Morgan fingerprint density at radius 3 is 2.31 bits per heavy atom. The van der Waals surface area contributed by atoms with Crippen LogP contribution in [0.5, 0.6) is 0 Å². The van der Waals surface area contributed by atoms with Crippen molar-refractivity contribution in [2.24, 2.45) is 0 Å². The summed E-state index contributed by atoms with van der Waals surface area (Å²) in [5.74, 6) is -0.386. The first-order valence-corrected chi connectivity index (χ1v) is 8.68. The summed E-state index contributed by atoms with van der Waals surface area (Å²) in [4.78, 5) is 25.8. The smallest absolute Gasteiger partial charge is 0.273 e. The Bertz CT molecular complexity index is 931. The number of aromatic nitrogens is 2. The Morgan fingerprint density at radius 1 is 1.04 bits per heavy atom. The molecule has 0 fully saturated rings. The molecule has 26 heavy (non-hydrogen) atoms. The summed E-state index contributed by atoms with van der Waals surface area (Å²) >= 11 is 3.39. The number of amides is 2. The Morgan fingerprint density at radius 2 is 1.69 bits per heavy atom. The molecule has 132 valence electrons. The maximum Gasteiger partial charge on any atom is 0.273 e. The summed E-state index contributed by atoms with van der Waals surface area (Å²) in [6.07, 6.45) is 0. The fraction of sp³-hybridized carbons (Fsp3) is 0.105. The van der Waals surface area contributed by atoms with E-state index in [1.165, 1.54) is 4.90 Å². The maximum absolute atomic E-state index is 12.4. The Kier molecular flexibility index (Phi) is 5.18. The maximum atomic E-state index is 12.4. The van der Waals surface area contributed by atoms with Gasteiger partial charge >= 0.3 is 0 Å². The molecule has 0 aliphatic heterocycles. The molecule has 0 unspecified atom stereocenters. The van der Waals surface area contributed by atoms with Gasteiger partial charge in [-0.05, 0) is 42.5 Å². The van der Waals surface area contributed by atoms with E-state index >= 15 is 0 Å². The summed E-state index contributed by atoms with van der Waals surface area (Å²) in [6.45, 7) is 0. The first-order valence-electron chi connectivity index (χ1n) is 7.88. The molecular weight excluding hydrogens is 396 g/mol. The lowest BCUT2D eigenvalue weighted by molar-refractivity contribution is 0.0827. The quantitative estimate of drug-likeness (QED) is 0.683. The average Bonchev–Trinajstić information content (AvgIpc) is 3.12. The van der Waals surface area contributed by atoms with Gasteiger partial charge in [0.1, 0.15) is 5.69 Å². The second-order valence-electron chi connectivity index (χ2n) is 5.90. The summed E-state index contributed by atoms with van der Waals surface area (Å²) in [5, 5.41) is 9.72. The monoisotopic (exact) mass is 412 g/mol. The van der Waals surface area contributed by atoms with Gasteiger partial charge in [0, 0.05) is 35.4 Å². The predicted molar refractivity (Wildman–Crippen MR) is 104 cm³/mol. The number of benzene rings is 2. The second kappa shape index (κ2) is 7.53. The number of rotatable bonds is 4. The molecule has 1 heterocycles. The summed E-state index contributed by atoms with van der Waals surface area (Å²) in [7, 11) is 3.39. The van der Waals surface area contributed by atoms with E-state index in [1.54, 1.807) is 44.4 Å². The molecule has 3 rings (SSSR count). The van der Waals surface area contributed by atoms with E-state index in [-0.39, 0.29) is 11.8 Å². The first-order chi connectivity index (χ1) is 12.4. The number of anilines is 1. The van der Waals surface area contributed by atoms with Crippen molar-refractivity contribution >= 4 is 33.4 Å². The van der Waals surface area contributed by atoms with E-state index in [1.807, 2.05) is 24.3 Å². The fourth-order valence-corrected chi connectivity index (χ4v) is 2.62. The lowest BCUT2D eigenvalue weighted by Gasteiger charge is -2.10. The standard InChI is InChI=1S/C19H17BrN4O2/c1-24(2)19(26)13-5-9-15(10-6-13)21-18(25)17-11-16(22-23-17)12-3-7-14(20)8-4-12/h3-11H,1-2H3,(H,21,25)(H,22,23). The molecule has 6 nitrogen and oxygen atoms in total. The molecule has 0 aliphatic rings. The van der Waals surface area contributed by atoms with Gasteiger partial charge in [0.25, 0.3) is 11.8 Å². The zero-order chi connectivity index (χ0) is 18.7. The summed E-state index contributed by atoms with van der Waals surface area (Å²) in [6, 6.07) is 16.1. The van der Waals surface area contributed by atoms with Gasteiger partial charge in [-0.3, -0.25) is 14.7 Å². The number of carbonyl (C=O) groups is 2. The summed E-state index contributed by atoms with van der Waals surface area (Å²) in [5.41, 5.74) is 3.12. The highest BCUT2D eigenvalue weighted by Gasteiger charge is 2.12. The van der Waals surface area contributed by atoms with Gasteiger partial charge in [-0.25, -0.2) is 0 Å². The molecule has 3 aromatic rings. The molecule has 0 atom stereocenters. The van der Waals surface area contributed by atoms with Crippen molar-refractivity contribution in [3.8, 4) is 11.3 Å². The van der Waals surface area contributed by atoms with Gasteiger partial charge in [0.05, 0.1) is 5.69 Å². The van der Waals surface area contributed by atoms with Crippen LogP contribution in [0.4, 0.5) is 5.69 Å². The van der Waals surface area contributed by atoms with Crippen molar-refractivity contribution in [1.82, 2.24) is 15.1 Å². The van der Waals surface area contributed by atoms with E-state index < -0.39 is 0 Å². The van der Waals surface area contributed by atoms with Gasteiger partial charge in [0.15, 0.2) is 0 Å². The number of nitrogens with zero attached hydrogens (tertiary/aromatic N) is 2. The minimum atomic E-state index is -0.299. The van der Waals surface area contributed by atoms with Crippen LogP contribution in [0.15, 0.2) is 59.1 Å². The van der Waals surface area contributed by atoms with Crippen molar-refractivity contribution in [2.75, 3.05) is 19.4 Å². The second-order valence-corrected chi connectivity index (χ2v) is 6.82. The molecule has 0 saturated carbocycles. The average molecular weight is 413 g/mol.